The predicted molar refractivity (Wildman–Crippen MR) is 41.2 cm³/mol. The van der Waals surface area contributed by atoms with Crippen LogP contribution in [0.5, 0.6) is 0 Å². The van der Waals surface area contributed by atoms with Crippen LogP contribution in [0.3, 0.4) is 0 Å². The van der Waals surface area contributed by atoms with E-state index in [1.54, 1.807) is 12.3 Å². The number of hydrogen-bond donors (Lipinski definition) is 0. The highest BCUT2D eigenvalue weighted by atomic mass is 16.5. The Kier molecular flexibility index (Phi) is 4.45. The lowest BCUT2D eigenvalue weighted by molar-refractivity contribution is 0.0968. The Hall–Kier alpha value is -0.830. The van der Waals surface area contributed by atoms with Gasteiger partial charge in [0.25, 0.3) is 0 Å². The van der Waals surface area contributed by atoms with Crippen LogP contribution in [0.15, 0.2) is 23.0 Å². The zero-order valence-electron chi connectivity index (χ0n) is 6.53. The van der Waals surface area contributed by atoms with Crippen molar-refractivity contribution in [1.29, 1.82) is 0 Å². The van der Waals surface area contributed by atoms with Crippen molar-refractivity contribution >= 4 is 0 Å². The van der Waals surface area contributed by atoms with Crippen LogP contribution in [-0.2, 0) is 4.74 Å². The van der Waals surface area contributed by atoms with Crippen LogP contribution in [0.1, 0.15) is 19.3 Å². The Morgan fingerprint density at radius 1 is 1.09 bits per heavy atom. The Morgan fingerprint density at radius 3 is 2.09 bits per heavy atom. The summed E-state index contributed by atoms with van der Waals surface area (Å²) in [5.41, 5.74) is 0. The lowest BCUT2D eigenvalue weighted by Crippen LogP contribution is -2.03. The summed E-state index contributed by atoms with van der Waals surface area (Å²) < 4.78 is 9.40. The maximum absolute atomic E-state index is 5.07. The molecule has 1 fully saturated rings. The molecule has 1 aliphatic heterocycles. The van der Waals surface area contributed by atoms with Crippen LogP contribution in [0.25, 0.3) is 0 Å². The molecule has 0 saturated carbocycles. The van der Waals surface area contributed by atoms with Gasteiger partial charge in [-0.15, -0.1) is 0 Å². The predicted octanol–water partition coefficient (Wildman–Crippen LogP) is 1.86. The second-order valence-corrected chi connectivity index (χ2v) is 2.36. The Labute approximate surface area is 66.3 Å². The standard InChI is InChI=1S/C5H10O.C3H3NO/c1-2-4-6-5-3-1;1-2-4-5-3-1/h1-5H2;1-3H. The molecule has 11 heavy (non-hydrogen) atoms. The fourth-order valence-corrected chi connectivity index (χ4v) is 0.863. The summed E-state index contributed by atoms with van der Waals surface area (Å²) in [6.45, 7) is 2.00. The van der Waals surface area contributed by atoms with Crippen molar-refractivity contribution in [2.75, 3.05) is 13.2 Å². The van der Waals surface area contributed by atoms with Crippen molar-refractivity contribution < 1.29 is 9.26 Å². The molecule has 0 N–H and O–H groups in total. The summed E-state index contributed by atoms with van der Waals surface area (Å²) >= 11 is 0. The van der Waals surface area contributed by atoms with E-state index < -0.39 is 0 Å². The van der Waals surface area contributed by atoms with Crippen molar-refractivity contribution in [3.05, 3.63) is 18.5 Å². The molecule has 1 aliphatic rings. The van der Waals surface area contributed by atoms with Gasteiger partial charge in [-0.1, -0.05) is 5.16 Å². The quantitative estimate of drug-likeness (QED) is 0.573. The van der Waals surface area contributed by atoms with Gasteiger partial charge < -0.3 is 9.26 Å². The fourth-order valence-electron chi connectivity index (χ4n) is 0.863. The molecular formula is C8H13NO2. The highest BCUT2D eigenvalue weighted by Gasteiger charge is 1.94. The van der Waals surface area contributed by atoms with E-state index >= 15 is 0 Å². The van der Waals surface area contributed by atoms with Gasteiger partial charge in [0, 0.05) is 13.2 Å². The van der Waals surface area contributed by atoms with E-state index in [0.717, 1.165) is 13.2 Å². The van der Waals surface area contributed by atoms with Gasteiger partial charge in [0.2, 0.25) is 0 Å². The van der Waals surface area contributed by atoms with Gasteiger partial charge in [-0.3, -0.25) is 0 Å². The molecule has 2 rings (SSSR count). The summed E-state index contributed by atoms with van der Waals surface area (Å²) in [7, 11) is 0. The third-order valence-corrected chi connectivity index (χ3v) is 1.42. The first kappa shape index (κ1) is 8.27. The summed E-state index contributed by atoms with van der Waals surface area (Å²) in [4.78, 5) is 0. The van der Waals surface area contributed by atoms with E-state index in [0.29, 0.717) is 0 Å². The molecule has 0 aromatic carbocycles. The molecule has 3 heteroatoms. The highest BCUT2D eigenvalue weighted by Crippen LogP contribution is 2.02. The Bertz CT molecular complexity index is 118. The van der Waals surface area contributed by atoms with Crippen molar-refractivity contribution in [2.24, 2.45) is 0 Å². The normalized spacial score (nSPS) is 16.7. The number of ether oxygens (including phenoxy) is 1. The van der Waals surface area contributed by atoms with E-state index in [2.05, 4.69) is 9.68 Å². The topological polar surface area (TPSA) is 35.3 Å². The largest absolute Gasteiger partial charge is 0.381 e. The smallest absolute Gasteiger partial charge is 0.123 e. The van der Waals surface area contributed by atoms with E-state index in [1.165, 1.54) is 25.5 Å². The third kappa shape index (κ3) is 4.56. The summed E-state index contributed by atoms with van der Waals surface area (Å²) in [6, 6.07) is 1.72. The maximum atomic E-state index is 5.07. The van der Waals surface area contributed by atoms with Gasteiger partial charge in [-0.25, -0.2) is 0 Å². The van der Waals surface area contributed by atoms with Crippen molar-refractivity contribution in [2.45, 2.75) is 19.3 Å². The Balaban J connectivity index is 0.000000112. The number of hydrogen-bond acceptors (Lipinski definition) is 3. The van der Waals surface area contributed by atoms with Crippen LogP contribution in [0.2, 0.25) is 0 Å². The van der Waals surface area contributed by atoms with Crippen molar-refractivity contribution in [3.8, 4) is 0 Å². The van der Waals surface area contributed by atoms with Crippen LogP contribution < -0.4 is 0 Å². The van der Waals surface area contributed by atoms with Crippen LogP contribution in [-0.4, -0.2) is 18.4 Å². The lowest BCUT2D eigenvalue weighted by Gasteiger charge is -2.08. The molecule has 0 spiro atoms. The van der Waals surface area contributed by atoms with Gasteiger partial charge in [0.1, 0.15) is 6.26 Å². The molecular weight excluding hydrogens is 142 g/mol. The van der Waals surface area contributed by atoms with Crippen molar-refractivity contribution in [3.63, 3.8) is 0 Å². The molecule has 62 valence electrons. The summed E-state index contributed by atoms with van der Waals surface area (Å²) in [5.74, 6) is 0. The fraction of sp³-hybridized carbons (Fsp3) is 0.625. The minimum absolute atomic E-state index is 1.00. The molecule has 0 atom stereocenters. The SMILES string of the molecule is C1CCOCC1.c1cnoc1. The second kappa shape index (κ2) is 5.92. The average molecular weight is 155 g/mol. The van der Waals surface area contributed by atoms with Gasteiger partial charge in [0.15, 0.2) is 0 Å². The average Bonchev–Trinajstić information content (AvgIpc) is 2.64. The van der Waals surface area contributed by atoms with E-state index in [-0.39, 0.29) is 0 Å². The first-order chi connectivity index (χ1) is 5.50. The molecule has 0 amide bonds. The lowest BCUT2D eigenvalue weighted by atomic mass is 10.2. The summed E-state index contributed by atoms with van der Waals surface area (Å²) in [6.07, 6.45) is 7.03. The minimum Gasteiger partial charge on any atom is -0.381 e. The summed E-state index contributed by atoms with van der Waals surface area (Å²) in [5, 5.41) is 3.35. The van der Waals surface area contributed by atoms with Crippen LogP contribution in [0, 0.1) is 0 Å². The first-order valence-corrected chi connectivity index (χ1v) is 3.92. The van der Waals surface area contributed by atoms with Gasteiger partial charge >= 0.3 is 0 Å². The van der Waals surface area contributed by atoms with Gasteiger partial charge in [-0.2, -0.15) is 0 Å². The zero-order valence-corrected chi connectivity index (χ0v) is 6.53. The number of nitrogens with zero attached hydrogens (tertiary/aromatic N) is 1. The van der Waals surface area contributed by atoms with Gasteiger partial charge in [-0.05, 0) is 25.3 Å². The third-order valence-electron chi connectivity index (χ3n) is 1.42. The zero-order chi connectivity index (χ0) is 7.78. The number of rotatable bonds is 0. The molecule has 1 saturated heterocycles. The molecule has 2 heterocycles. The molecule has 3 nitrogen and oxygen atoms in total. The van der Waals surface area contributed by atoms with Crippen LogP contribution >= 0.6 is 0 Å². The molecule has 0 radical (unpaired) electrons. The molecule has 0 aliphatic carbocycles. The van der Waals surface area contributed by atoms with E-state index in [1.807, 2.05) is 0 Å². The highest BCUT2D eigenvalue weighted by molar-refractivity contribution is 4.67. The molecule has 0 bridgehead atoms. The van der Waals surface area contributed by atoms with Crippen molar-refractivity contribution in [1.82, 2.24) is 5.16 Å². The monoisotopic (exact) mass is 155 g/mol. The Morgan fingerprint density at radius 2 is 1.91 bits per heavy atom. The maximum Gasteiger partial charge on any atom is 0.123 e. The first-order valence-electron chi connectivity index (χ1n) is 3.92. The molecule has 1 aromatic rings. The number of aromatic nitrogens is 1. The minimum atomic E-state index is 1.00. The second-order valence-electron chi connectivity index (χ2n) is 2.36. The van der Waals surface area contributed by atoms with Crippen LogP contribution in [0.4, 0.5) is 0 Å². The molecule has 1 aromatic heterocycles. The van der Waals surface area contributed by atoms with E-state index in [4.69, 9.17) is 4.74 Å². The molecule has 0 unspecified atom stereocenters. The van der Waals surface area contributed by atoms with Gasteiger partial charge in [0.05, 0.1) is 6.20 Å². The van der Waals surface area contributed by atoms with E-state index in [9.17, 15) is 0 Å².